The van der Waals surface area contributed by atoms with Crippen molar-refractivity contribution < 1.29 is 9.53 Å². The van der Waals surface area contributed by atoms with E-state index in [-0.39, 0.29) is 5.91 Å². The van der Waals surface area contributed by atoms with Crippen molar-refractivity contribution >= 4 is 11.6 Å². The maximum Gasteiger partial charge on any atom is 0.227 e. The third-order valence-corrected chi connectivity index (χ3v) is 3.40. The number of carbonyl (C=O) groups is 1. The second-order valence-electron chi connectivity index (χ2n) is 5.32. The summed E-state index contributed by atoms with van der Waals surface area (Å²) in [5.41, 5.74) is 9.57. The van der Waals surface area contributed by atoms with E-state index in [1.807, 2.05) is 56.3 Å². The fourth-order valence-electron chi connectivity index (χ4n) is 2.06. The maximum atomic E-state index is 11.9. The molecule has 0 radical (unpaired) electrons. The molecule has 116 valence electrons. The van der Waals surface area contributed by atoms with Crippen LogP contribution in [0.2, 0.25) is 0 Å². The van der Waals surface area contributed by atoms with Crippen molar-refractivity contribution in [3.05, 3.63) is 59.2 Å². The van der Waals surface area contributed by atoms with Crippen LogP contribution in [-0.4, -0.2) is 12.5 Å². The molecule has 4 nitrogen and oxygen atoms in total. The average Bonchev–Trinajstić information content (AvgIpc) is 2.51. The first kappa shape index (κ1) is 16.0. The van der Waals surface area contributed by atoms with Gasteiger partial charge in [0.05, 0.1) is 13.0 Å². The van der Waals surface area contributed by atoms with Gasteiger partial charge in [0, 0.05) is 12.2 Å². The van der Waals surface area contributed by atoms with Gasteiger partial charge in [-0.2, -0.15) is 0 Å². The average molecular weight is 298 g/mol. The van der Waals surface area contributed by atoms with Crippen molar-refractivity contribution in [3.63, 3.8) is 0 Å². The third-order valence-electron chi connectivity index (χ3n) is 3.40. The van der Waals surface area contributed by atoms with Crippen LogP contribution >= 0.6 is 0 Å². The normalized spacial score (nSPS) is 10.3. The van der Waals surface area contributed by atoms with Crippen LogP contribution in [-0.2, 0) is 11.3 Å². The number of hydrogen-bond donors (Lipinski definition) is 2. The van der Waals surface area contributed by atoms with Crippen molar-refractivity contribution in [3.8, 4) is 5.75 Å². The van der Waals surface area contributed by atoms with Crippen molar-refractivity contribution in [1.82, 2.24) is 0 Å². The Hall–Kier alpha value is -2.33. The van der Waals surface area contributed by atoms with E-state index in [1.165, 1.54) is 0 Å². The summed E-state index contributed by atoms with van der Waals surface area (Å²) in [5, 5.41) is 2.85. The molecular formula is C18H22N2O2. The molecule has 3 N–H and O–H groups in total. The smallest absolute Gasteiger partial charge is 0.227 e. The van der Waals surface area contributed by atoms with Gasteiger partial charge in [0.25, 0.3) is 0 Å². The summed E-state index contributed by atoms with van der Waals surface area (Å²) in [4.78, 5) is 11.9. The zero-order valence-electron chi connectivity index (χ0n) is 13.1. The third kappa shape index (κ3) is 4.60. The second-order valence-corrected chi connectivity index (χ2v) is 5.32. The molecule has 0 aliphatic heterocycles. The van der Waals surface area contributed by atoms with E-state index in [0.29, 0.717) is 19.6 Å². The molecule has 0 aliphatic carbocycles. The molecule has 0 atom stereocenters. The number of nitrogens with two attached hydrogens (primary N) is 1. The van der Waals surface area contributed by atoms with Gasteiger partial charge in [-0.25, -0.2) is 0 Å². The Kier molecular flexibility index (Phi) is 5.55. The summed E-state index contributed by atoms with van der Waals surface area (Å²) in [6.45, 7) is 4.87. The van der Waals surface area contributed by atoms with E-state index in [0.717, 1.165) is 28.1 Å². The van der Waals surface area contributed by atoms with Gasteiger partial charge in [-0.15, -0.1) is 0 Å². The zero-order valence-corrected chi connectivity index (χ0v) is 13.1. The summed E-state index contributed by atoms with van der Waals surface area (Å²) in [7, 11) is 0. The molecule has 0 heterocycles. The van der Waals surface area contributed by atoms with Crippen molar-refractivity contribution in [1.29, 1.82) is 0 Å². The van der Waals surface area contributed by atoms with Gasteiger partial charge in [-0.05, 0) is 48.7 Å². The molecule has 2 rings (SSSR count). The highest BCUT2D eigenvalue weighted by Crippen LogP contribution is 2.19. The number of hydrogen-bond acceptors (Lipinski definition) is 3. The van der Waals surface area contributed by atoms with Gasteiger partial charge >= 0.3 is 0 Å². The minimum atomic E-state index is -0.0641. The summed E-state index contributed by atoms with van der Waals surface area (Å²) >= 11 is 0. The molecular weight excluding hydrogens is 276 g/mol. The Bertz CT molecular complexity index is 636. The lowest BCUT2D eigenvalue weighted by molar-refractivity contribution is -0.116. The summed E-state index contributed by atoms with van der Waals surface area (Å²) in [6.07, 6.45) is 0.312. The van der Waals surface area contributed by atoms with E-state index in [9.17, 15) is 4.79 Å². The SMILES string of the molecule is Cc1ccc(C)c(OCCC(=O)Nc2ccc(CN)cc2)c1. The van der Waals surface area contributed by atoms with Crippen molar-refractivity contribution in [2.75, 3.05) is 11.9 Å². The lowest BCUT2D eigenvalue weighted by Crippen LogP contribution is -2.15. The number of aryl methyl sites for hydroxylation is 2. The van der Waals surface area contributed by atoms with Crippen LogP contribution in [0.15, 0.2) is 42.5 Å². The van der Waals surface area contributed by atoms with Crippen LogP contribution in [0, 0.1) is 13.8 Å². The van der Waals surface area contributed by atoms with Gasteiger partial charge in [-0.3, -0.25) is 4.79 Å². The molecule has 0 aliphatic rings. The molecule has 4 heteroatoms. The highest BCUT2D eigenvalue weighted by molar-refractivity contribution is 5.90. The fourth-order valence-corrected chi connectivity index (χ4v) is 2.06. The minimum absolute atomic E-state index is 0.0641. The van der Waals surface area contributed by atoms with Gasteiger partial charge in [0.15, 0.2) is 0 Å². The molecule has 0 fully saturated rings. The van der Waals surface area contributed by atoms with E-state index in [2.05, 4.69) is 5.32 Å². The zero-order chi connectivity index (χ0) is 15.9. The van der Waals surface area contributed by atoms with Crippen LogP contribution in [0.1, 0.15) is 23.1 Å². The predicted octanol–water partition coefficient (Wildman–Crippen LogP) is 3.17. The molecule has 0 unspecified atom stereocenters. The van der Waals surface area contributed by atoms with Crippen LogP contribution in [0.4, 0.5) is 5.69 Å². The summed E-state index contributed by atoms with van der Waals surface area (Å²) < 4.78 is 5.69. The highest BCUT2D eigenvalue weighted by Gasteiger charge is 2.05. The van der Waals surface area contributed by atoms with Gasteiger partial charge in [0.2, 0.25) is 5.91 Å². The maximum absolute atomic E-state index is 11.9. The first-order valence-corrected chi connectivity index (χ1v) is 7.37. The Morgan fingerprint density at radius 3 is 2.55 bits per heavy atom. The predicted molar refractivity (Wildman–Crippen MR) is 89.0 cm³/mol. The Morgan fingerprint density at radius 2 is 1.86 bits per heavy atom. The molecule has 0 aromatic heterocycles. The molecule has 0 bridgehead atoms. The first-order valence-electron chi connectivity index (χ1n) is 7.37. The fraction of sp³-hybridized carbons (Fsp3) is 0.278. The van der Waals surface area contributed by atoms with Crippen molar-refractivity contribution in [2.24, 2.45) is 5.73 Å². The van der Waals surface area contributed by atoms with Crippen LogP contribution in [0.25, 0.3) is 0 Å². The van der Waals surface area contributed by atoms with Crippen molar-refractivity contribution in [2.45, 2.75) is 26.8 Å². The van der Waals surface area contributed by atoms with E-state index >= 15 is 0 Å². The Labute approximate surface area is 131 Å². The van der Waals surface area contributed by atoms with Crippen LogP contribution < -0.4 is 15.8 Å². The van der Waals surface area contributed by atoms with Gasteiger partial charge < -0.3 is 15.8 Å². The number of anilines is 1. The molecule has 0 spiro atoms. The number of carbonyl (C=O) groups excluding carboxylic acids is 1. The largest absolute Gasteiger partial charge is 0.493 e. The lowest BCUT2D eigenvalue weighted by atomic mass is 10.1. The molecule has 2 aromatic rings. The Morgan fingerprint density at radius 1 is 1.14 bits per heavy atom. The van der Waals surface area contributed by atoms with Crippen LogP contribution in [0.5, 0.6) is 5.75 Å². The van der Waals surface area contributed by atoms with Crippen LogP contribution in [0.3, 0.4) is 0 Å². The second kappa shape index (κ2) is 7.61. The molecule has 0 saturated heterocycles. The number of nitrogens with one attached hydrogen (secondary N) is 1. The van der Waals surface area contributed by atoms with Gasteiger partial charge in [-0.1, -0.05) is 24.3 Å². The van der Waals surface area contributed by atoms with E-state index < -0.39 is 0 Å². The summed E-state index contributed by atoms with van der Waals surface area (Å²) in [5.74, 6) is 0.769. The standard InChI is InChI=1S/C18H22N2O2/c1-13-3-4-14(2)17(11-13)22-10-9-18(21)20-16-7-5-15(12-19)6-8-16/h3-8,11H,9-10,12,19H2,1-2H3,(H,20,21). The number of ether oxygens (including phenoxy) is 1. The molecule has 1 amide bonds. The number of amides is 1. The first-order chi connectivity index (χ1) is 10.6. The van der Waals surface area contributed by atoms with E-state index in [1.54, 1.807) is 0 Å². The topological polar surface area (TPSA) is 64.3 Å². The molecule has 2 aromatic carbocycles. The number of benzene rings is 2. The quantitative estimate of drug-likeness (QED) is 0.861. The molecule has 22 heavy (non-hydrogen) atoms. The molecule has 0 saturated carbocycles. The summed E-state index contributed by atoms with van der Waals surface area (Å²) in [6, 6.07) is 13.6. The minimum Gasteiger partial charge on any atom is -0.493 e. The van der Waals surface area contributed by atoms with Gasteiger partial charge in [0.1, 0.15) is 5.75 Å². The monoisotopic (exact) mass is 298 g/mol. The Balaban J connectivity index is 1.81. The highest BCUT2D eigenvalue weighted by atomic mass is 16.5. The van der Waals surface area contributed by atoms with E-state index in [4.69, 9.17) is 10.5 Å². The lowest BCUT2D eigenvalue weighted by Gasteiger charge is -2.10. The number of rotatable bonds is 6.